The number of ether oxygens (including phenoxy) is 1. The summed E-state index contributed by atoms with van der Waals surface area (Å²) in [4.78, 5) is 11.8. The quantitative estimate of drug-likeness (QED) is 0.742. The van der Waals surface area contributed by atoms with E-state index in [1.165, 1.54) is 5.56 Å². The lowest BCUT2D eigenvalue weighted by atomic mass is 10.3. The van der Waals surface area contributed by atoms with Gasteiger partial charge in [-0.25, -0.2) is 0 Å². The largest absolute Gasteiger partial charge is 0.383 e. The zero-order valence-corrected chi connectivity index (χ0v) is 12.3. The molecule has 0 bridgehead atoms. The van der Waals surface area contributed by atoms with Crippen molar-refractivity contribution in [3.8, 4) is 0 Å². The zero-order chi connectivity index (χ0) is 14.3. The van der Waals surface area contributed by atoms with E-state index in [0.29, 0.717) is 19.2 Å². The molecule has 1 aromatic rings. The first-order valence-electron chi connectivity index (χ1n) is 6.67. The van der Waals surface area contributed by atoms with Crippen LogP contribution in [0.15, 0.2) is 18.5 Å². The lowest BCUT2D eigenvalue weighted by molar-refractivity contribution is -0.122. The third-order valence-corrected chi connectivity index (χ3v) is 2.68. The highest BCUT2D eigenvalue weighted by molar-refractivity contribution is 5.76. The third kappa shape index (κ3) is 6.40. The summed E-state index contributed by atoms with van der Waals surface area (Å²) < 4.78 is 6.88. The van der Waals surface area contributed by atoms with Crippen molar-refractivity contribution in [2.45, 2.75) is 45.9 Å². The lowest BCUT2D eigenvalue weighted by Gasteiger charge is -2.12. The Morgan fingerprint density at radius 2 is 2.16 bits per heavy atom. The maximum atomic E-state index is 11.8. The molecule has 0 spiro atoms. The minimum absolute atomic E-state index is 0.00326. The maximum Gasteiger partial charge on any atom is 0.240 e. The van der Waals surface area contributed by atoms with E-state index >= 15 is 0 Å². The molecule has 1 rings (SSSR count). The van der Waals surface area contributed by atoms with E-state index in [1.807, 2.05) is 30.0 Å². The van der Waals surface area contributed by atoms with Gasteiger partial charge in [-0.1, -0.05) is 13.8 Å². The summed E-state index contributed by atoms with van der Waals surface area (Å²) in [6, 6.07) is 2.53. The van der Waals surface area contributed by atoms with E-state index in [2.05, 4.69) is 24.5 Å². The van der Waals surface area contributed by atoms with Crippen molar-refractivity contribution in [3.63, 3.8) is 0 Å². The molecule has 0 aliphatic heterocycles. The van der Waals surface area contributed by atoms with Crippen LogP contribution < -0.4 is 10.6 Å². The fraction of sp³-hybridized carbons (Fsp3) is 0.643. The minimum Gasteiger partial charge on any atom is -0.383 e. The highest BCUT2D eigenvalue weighted by atomic mass is 16.5. The summed E-state index contributed by atoms with van der Waals surface area (Å²) in [6.45, 7) is 7.85. The Hall–Kier alpha value is -1.33. The minimum atomic E-state index is 0.00326. The summed E-state index contributed by atoms with van der Waals surface area (Å²) >= 11 is 0. The van der Waals surface area contributed by atoms with Crippen LogP contribution in [0.3, 0.4) is 0 Å². The Bertz CT molecular complexity index is 388. The molecule has 1 heterocycles. The summed E-state index contributed by atoms with van der Waals surface area (Å²) in [5.41, 5.74) is 1.19. The Morgan fingerprint density at radius 3 is 2.79 bits per heavy atom. The van der Waals surface area contributed by atoms with Gasteiger partial charge in [-0.2, -0.15) is 0 Å². The standard InChI is InChI=1S/C14H25N3O2/c1-11(2)15-7-13-5-6-17(8-13)9-14(18)16-12(3)10-19-4/h5-6,8,11-12,15H,7,9-10H2,1-4H3,(H,16,18). The Morgan fingerprint density at radius 1 is 1.42 bits per heavy atom. The van der Waals surface area contributed by atoms with Gasteiger partial charge in [-0.3, -0.25) is 4.79 Å². The molecular formula is C14H25N3O2. The number of aromatic nitrogens is 1. The van der Waals surface area contributed by atoms with E-state index in [0.717, 1.165) is 6.54 Å². The molecular weight excluding hydrogens is 242 g/mol. The third-order valence-electron chi connectivity index (χ3n) is 2.68. The number of hydrogen-bond acceptors (Lipinski definition) is 3. The fourth-order valence-corrected chi connectivity index (χ4v) is 1.79. The van der Waals surface area contributed by atoms with Crippen molar-refractivity contribution in [2.24, 2.45) is 0 Å². The first kappa shape index (κ1) is 15.7. The first-order chi connectivity index (χ1) is 9.01. The number of carbonyl (C=O) groups is 1. The van der Waals surface area contributed by atoms with Crippen molar-refractivity contribution >= 4 is 5.91 Å². The van der Waals surface area contributed by atoms with Crippen molar-refractivity contribution in [2.75, 3.05) is 13.7 Å². The lowest BCUT2D eigenvalue weighted by Crippen LogP contribution is -2.37. The van der Waals surface area contributed by atoms with Gasteiger partial charge in [0.2, 0.25) is 5.91 Å². The van der Waals surface area contributed by atoms with E-state index in [9.17, 15) is 4.79 Å². The Labute approximate surface area is 115 Å². The molecule has 1 amide bonds. The monoisotopic (exact) mass is 267 g/mol. The van der Waals surface area contributed by atoms with Crippen LogP contribution in [0.25, 0.3) is 0 Å². The molecule has 1 aromatic heterocycles. The highest BCUT2D eigenvalue weighted by Gasteiger charge is 2.07. The van der Waals surface area contributed by atoms with Gasteiger partial charge >= 0.3 is 0 Å². The van der Waals surface area contributed by atoms with Crippen molar-refractivity contribution in [1.82, 2.24) is 15.2 Å². The number of rotatable bonds is 8. The molecule has 5 nitrogen and oxygen atoms in total. The number of amides is 1. The van der Waals surface area contributed by atoms with Gasteiger partial charge in [-0.15, -0.1) is 0 Å². The first-order valence-corrected chi connectivity index (χ1v) is 6.67. The van der Waals surface area contributed by atoms with Crippen LogP contribution in [-0.4, -0.2) is 36.3 Å². The molecule has 108 valence electrons. The molecule has 0 saturated carbocycles. The summed E-state index contributed by atoms with van der Waals surface area (Å²) in [6.07, 6.45) is 3.92. The number of nitrogens with one attached hydrogen (secondary N) is 2. The molecule has 5 heteroatoms. The number of methoxy groups -OCH3 is 1. The van der Waals surface area contributed by atoms with Crippen LogP contribution in [0.5, 0.6) is 0 Å². The number of nitrogens with zero attached hydrogens (tertiary/aromatic N) is 1. The Balaban J connectivity index is 2.38. The van der Waals surface area contributed by atoms with E-state index < -0.39 is 0 Å². The predicted octanol–water partition coefficient (Wildman–Crippen LogP) is 1.14. The fourth-order valence-electron chi connectivity index (χ4n) is 1.79. The highest BCUT2D eigenvalue weighted by Crippen LogP contribution is 2.01. The van der Waals surface area contributed by atoms with Crippen LogP contribution in [0.1, 0.15) is 26.3 Å². The molecule has 0 aliphatic carbocycles. The maximum absolute atomic E-state index is 11.8. The van der Waals surface area contributed by atoms with Gasteiger partial charge in [0.05, 0.1) is 6.61 Å². The van der Waals surface area contributed by atoms with Gasteiger partial charge in [0.25, 0.3) is 0 Å². The normalized spacial score (nSPS) is 12.7. The van der Waals surface area contributed by atoms with Crippen molar-refractivity contribution < 1.29 is 9.53 Å². The van der Waals surface area contributed by atoms with E-state index in [-0.39, 0.29) is 11.9 Å². The molecule has 0 fully saturated rings. The number of hydrogen-bond donors (Lipinski definition) is 2. The average Bonchev–Trinajstić information content (AvgIpc) is 2.74. The zero-order valence-electron chi connectivity index (χ0n) is 12.3. The summed E-state index contributed by atoms with van der Waals surface area (Å²) in [5, 5.41) is 6.24. The van der Waals surface area contributed by atoms with Crippen LogP contribution >= 0.6 is 0 Å². The molecule has 2 N–H and O–H groups in total. The second kappa shape index (κ2) is 7.96. The molecule has 19 heavy (non-hydrogen) atoms. The molecule has 0 aromatic carbocycles. The number of carbonyl (C=O) groups excluding carboxylic acids is 1. The average molecular weight is 267 g/mol. The van der Waals surface area contributed by atoms with Gasteiger partial charge in [0, 0.05) is 38.1 Å². The van der Waals surface area contributed by atoms with Gasteiger partial charge in [0.1, 0.15) is 6.54 Å². The van der Waals surface area contributed by atoms with Crippen LogP contribution in [0.2, 0.25) is 0 Å². The molecule has 1 unspecified atom stereocenters. The smallest absolute Gasteiger partial charge is 0.240 e. The van der Waals surface area contributed by atoms with E-state index in [4.69, 9.17) is 4.74 Å². The SMILES string of the molecule is COCC(C)NC(=O)Cn1ccc(CNC(C)C)c1. The molecule has 1 atom stereocenters. The predicted molar refractivity (Wildman–Crippen MR) is 75.9 cm³/mol. The second-order valence-electron chi connectivity index (χ2n) is 5.15. The second-order valence-corrected chi connectivity index (χ2v) is 5.15. The molecule has 0 radical (unpaired) electrons. The van der Waals surface area contributed by atoms with Crippen molar-refractivity contribution in [1.29, 1.82) is 0 Å². The van der Waals surface area contributed by atoms with Crippen molar-refractivity contribution in [3.05, 3.63) is 24.0 Å². The van der Waals surface area contributed by atoms with Gasteiger partial charge in [-0.05, 0) is 18.6 Å². The topological polar surface area (TPSA) is 55.3 Å². The summed E-state index contributed by atoms with van der Waals surface area (Å²) in [5.74, 6) is 0.00326. The van der Waals surface area contributed by atoms with Crippen LogP contribution in [0, 0.1) is 0 Å². The Kier molecular flexibility index (Phi) is 6.59. The van der Waals surface area contributed by atoms with Crippen LogP contribution in [0.4, 0.5) is 0 Å². The molecule has 0 saturated heterocycles. The molecule has 0 aliphatic rings. The van der Waals surface area contributed by atoms with Gasteiger partial charge in [0.15, 0.2) is 0 Å². The van der Waals surface area contributed by atoms with Gasteiger partial charge < -0.3 is 19.9 Å². The van der Waals surface area contributed by atoms with E-state index in [1.54, 1.807) is 7.11 Å². The van der Waals surface area contributed by atoms with Crippen LogP contribution in [-0.2, 0) is 22.6 Å². The summed E-state index contributed by atoms with van der Waals surface area (Å²) in [7, 11) is 1.63.